The molecule has 0 aliphatic carbocycles. The quantitative estimate of drug-likeness (QED) is 0.551. The van der Waals surface area contributed by atoms with Gasteiger partial charge in [-0.1, -0.05) is 17.7 Å². The molecule has 78 valence electrons. The minimum atomic E-state index is -1.04. The van der Waals surface area contributed by atoms with Crippen molar-refractivity contribution in [2.24, 2.45) is 0 Å². The number of alkyl halides is 1. The minimum absolute atomic E-state index is 0.0385. The van der Waals surface area contributed by atoms with Gasteiger partial charge in [0.15, 0.2) is 0 Å². The molecule has 0 aliphatic rings. The fourth-order valence-corrected chi connectivity index (χ4v) is 1.39. The van der Waals surface area contributed by atoms with Crippen LogP contribution in [0, 0.1) is 0 Å². The molecule has 2 atom stereocenters. The molecule has 0 bridgehead atoms. The van der Waals surface area contributed by atoms with Crippen LogP contribution in [0.1, 0.15) is 11.7 Å². The van der Waals surface area contributed by atoms with E-state index in [1.165, 1.54) is 6.07 Å². The molecule has 1 aromatic rings. The van der Waals surface area contributed by atoms with Crippen molar-refractivity contribution >= 4 is 28.9 Å². The number of hydrogen-bond acceptors (Lipinski definition) is 3. The Kier molecular flexibility index (Phi) is 4.01. The summed E-state index contributed by atoms with van der Waals surface area (Å²) in [5, 5.41) is 19.2. The zero-order valence-corrected chi connectivity index (χ0v) is 8.83. The van der Waals surface area contributed by atoms with Crippen molar-refractivity contribution in [1.29, 1.82) is 0 Å². The summed E-state index contributed by atoms with van der Waals surface area (Å²) >= 11 is 11.2. The molecule has 1 aromatic carbocycles. The SMILES string of the molecule is Nc1ccc(C(O)C(O)CCl)cc1Cl. The Morgan fingerprint density at radius 1 is 1.36 bits per heavy atom. The van der Waals surface area contributed by atoms with Gasteiger partial charge in [0.1, 0.15) is 6.10 Å². The van der Waals surface area contributed by atoms with Crippen LogP contribution in [0.25, 0.3) is 0 Å². The lowest BCUT2D eigenvalue weighted by Crippen LogP contribution is -2.19. The van der Waals surface area contributed by atoms with Gasteiger partial charge in [-0.3, -0.25) is 0 Å². The van der Waals surface area contributed by atoms with Crippen LogP contribution in [0.5, 0.6) is 0 Å². The molecule has 0 saturated carbocycles. The first-order valence-electron chi connectivity index (χ1n) is 4.03. The lowest BCUT2D eigenvalue weighted by molar-refractivity contribution is 0.0327. The Hall–Kier alpha value is -0.480. The summed E-state index contributed by atoms with van der Waals surface area (Å²) < 4.78 is 0. The van der Waals surface area contributed by atoms with Crippen LogP contribution in [-0.2, 0) is 0 Å². The molecule has 0 aliphatic heterocycles. The summed E-state index contributed by atoms with van der Waals surface area (Å²) in [4.78, 5) is 0. The molecule has 1 rings (SSSR count). The van der Waals surface area contributed by atoms with E-state index in [-0.39, 0.29) is 5.88 Å². The zero-order chi connectivity index (χ0) is 10.7. The van der Waals surface area contributed by atoms with Gasteiger partial charge in [-0.25, -0.2) is 0 Å². The molecule has 5 heteroatoms. The average molecular weight is 236 g/mol. The van der Waals surface area contributed by atoms with Crippen LogP contribution in [0.15, 0.2) is 18.2 Å². The fraction of sp³-hybridized carbons (Fsp3) is 0.333. The first kappa shape index (κ1) is 11.6. The highest BCUT2D eigenvalue weighted by molar-refractivity contribution is 6.33. The third-order valence-corrected chi connectivity index (χ3v) is 2.53. The Morgan fingerprint density at radius 2 is 2.00 bits per heavy atom. The van der Waals surface area contributed by atoms with Crippen LogP contribution in [0.2, 0.25) is 5.02 Å². The van der Waals surface area contributed by atoms with Gasteiger partial charge in [-0.15, -0.1) is 11.6 Å². The van der Waals surface area contributed by atoms with Crippen molar-refractivity contribution in [3.05, 3.63) is 28.8 Å². The number of anilines is 1. The van der Waals surface area contributed by atoms with E-state index in [9.17, 15) is 10.2 Å². The molecule has 0 heterocycles. The molecule has 0 radical (unpaired) electrons. The van der Waals surface area contributed by atoms with Gasteiger partial charge in [0.05, 0.1) is 22.7 Å². The van der Waals surface area contributed by atoms with Crippen molar-refractivity contribution in [1.82, 2.24) is 0 Å². The standard InChI is InChI=1S/C9H11Cl2NO2/c10-4-8(13)9(14)5-1-2-7(12)6(11)3-5/h1-3,8-9,13-14H,4,12H2. The molecule has 0 aromatic heterocycles. The number of nitrogen functional groups attached to an aromatic ring is 1. The highest BCUT2D eigenvalue weighted by Gasteiger charge is 2.17. The van der Waals surface area contributed by atoms with E-state index in [1.54, 1.807) is 12.1 Å². The topological polar surface area (TPSA) is 66.5 Å². The van der Waals surface area contributed by atoms with Crippen LogP contribution in [-0.4, -0.2) is 22.2 Å². The molecular weight excluding hydrogens is 225 g/mol. The molecule has 3 nitrogen and oxygen atoms in total. The lowest BCUT2D eigenvalue weighted by Gasteiger charge is -2.16. The lowest BCUT2D eigenvalue weighted by atomic mass is 10.1. The Balaban J connectivity index is 2.91. The number of halogens is 2. The van der Waals surface area contributed by atoms with Gasteiger partial charge in [0, 0.05) is 0 Å². The summed E-state index contributed by atoms with van der Waals surface area (Å²) in [5.74, 6) is -0.0385. The second kappa shape index (κ2) is 4.84. The summed E-state index contributed by atoms with van der Waals surface area (Å²) in [7, 11) is 0. The summed E-state index contributed by atoms with van der Waals surface area (Å²) in [6.45, 7) is 0. The summed E-state index contributed by atoms with van der Waals surface area (Å²) in [6.07, 6.45) is -2.04. The first-order chi connectivity index (χ1) is 6.56. The number of nitrogens with two attached hydrogens (primary N) is 1. The van der Waals surface area contributed by atoms with Crippen LogP contribution in [0.3, 0.4) is 0 Å². The van der Waals surface area contributed by atoms with E-state index >= 15 is 0 Å². The normalized spacial score (nSPS) is 15.1. The van der Waals surface area contributed by atoms with Crippen molar-refractivity contribution in [3.63, 3.8) is 0 Å². The van der Waals surface area contributed by atoms with Gasteiger partial charge < -0.3 is 15.9 Å². The van der Waals surface area contributed by atoms with E-state index in [0.29, 0.717) is 16.3 Å². The van der Waals surface area contributed by atoms with Gasteiger partial charge in [0.25, 0.3) is 0 Å². The second-order valence-corrected chi connectivity index (χ2v) is 3.66. The highest BCUT2D eigenvalue weighted by Crippen LogP contribution is 2.25. The molecule has 0 amide bonds. The molecule has 14 heavy (non-hydrogen) atoms. The third-order valence-electron chi connectivity index (χ3n) is 1.89. The Morgan fingerprint density at radius 3 is 2.50 bits per heavy atom. The van der Waals surface area contributed by atoms with Crippen molar-refractivity contribution < 1.29 is 10.2 Å². The monoisotopic (exact) mass is 235 g/mol. The number of hydrogen-bond donors (Lipinski definition) is 3. The Bertz CT molecular complexity index is 320. The van der Waals surface area contributed by atoms with E-state index in [4.69, 9.17) is 28.9 Å². The fourth-order valence-electron chi connectivity index (χ4n) is 1.03. The number of aliphatic hydroxyl groups is 2. The second-order valence-electron chi connectivity index (χ2n) is 2.95. The third kappa shape index (κ3) is 2.51. The van der Waals surface area contributed by atoms with Gasteiger partial charge in [-0.2, -0.15) is 0 Å². The average Bonchev–Trinajstić information content (AvgIpc) is 2.20. The molecule has 2 unspecified atom stereocenters. The van der Waals surface area contributed by atoms with E-state index in [2.05, 4.69) is 0 Å². The number of rotatable bonds is 3. The predicted octanol–water partition coefficient (Wildman–Crippen LogP) is 1.56. The van der Waals surface area contributed by atoms with Crippen molar-refractivity contribution in [2.45, 2.75) is 12.2 Å². The number of aliphatic hydroxyl groups excluding tert-OH is 2. The van der Waals surface area contributed by atoms with Crippen molar-refractivity contribution in [2.75, 3.05) is 11.6 Å². The first-order valence-corrected chi connectivity index (χ1v) is 4.94. The van der Waals surface area contributed by atoms with E-state index < -0.39 is 12.2 Å². The van der Waals surface area contributed by atoms with Crippen LogP contribution in [0.4, 0.5) is 5.69 Å². The molecule has 0 spiro atoms. The summed E-state index contributed by atoms with van der Waals surface area (Å²) in [6, 6.07) is 4.68. The maximum Gasteiger partial charge on any atom is 0.106 e. The molecule has 0 fully saturated rings. The highest BCUT2D eigenvalue weighted by atomic mass is 35.5. The van der Waals surface area contributed by atoms with Crippen LogP contribution >= 0.6 is 23.2 Å². The van der Waals surface area contributed by atoms with Gasteiger partial charge >= 0.3 is 0 Å². The maximum absolute atomic E-state index is 9.57. The maximum atomic E-state index is 9.57. The zero-order valence-electron chi connectivity index (χ0n) is 7.32. The van der Waals surface area contributed by atoms with Crippen LogP contribution < -0.4 is 5.73 Å². The molecule has 4 N–H and O–H groups in total. The summed E-state index contributed by atoms with van der Waals surface area (Å²) in [5.41, 5.74) is 6.43. The van der Waals surface area contributed by atoms with E-state index in [1.807, 2.05) is 0 Å². The molecule has 0 saturated heterocycles. The van der Waals surface area contributed by atoms with Crippen molar-refractivity contribution in [3.8, 4) is 0 Å². The van der Waals surface area contributed by atoms with E-state index in [0.717, 1.165) is 0 Å². The van der Waals surface area contributed by atoms with Gasteiger partial charge in [0.2, 0.25) is 0 Å². The van der Waals surface area contributed by atoms with Gasteiger partial charge in [-0.05, 0) is 17.7 Å². The Labute approximate surface area is 92.1 Å². The minimum Gasteiger partial charge on any atom is -0.398 e. The smallest absolute Gasteiger partial charge is 0.106 e. The molecular formula is C9H11Cl2NO2. The number of benzene rings is 1. The predicted molar refractivity (Wildman–Crippen MR) is 57.6 cm³/mol. The largest absolute Gasteiger partial charge is 0.398 e.